The maximum absolute atomic E-state index is 3.90. The van der Waals surface area contributed by atoms with Crippen molar-refractivity contribution in [2.45, 2.75) is 13.8 Å². The topological polar surface area (TPSA) is 6.48 Å². The van der Waals surface area contributed by atoms with Crippen LogP contribution in [0.4, 0.5) is 0 Å². The zero-order chi connectivity index (χ0) is 11.4. The Balaban J connectivity index is 3.24. The van der Waals surface area contributed by atoms with E-state index in [0.717, 1.165) is 6.54 Å². The van der Waals surface area contributed by atoms with E-state index >= 15 is 0 Å². The van der Waals surface area contributed by atoms with Crippen LogP contribution in [0.25, 0.3) is 0 Å². The number of hydrogen-bond acceptors (Lipinski definition) is 2. The molecule has 0 aromatic rings. The van der Waals surface area contributed by atoms with Crippen LogP contribution in [-0.4, -0.2) is 30.4 Å². The molecule has 0 bridgehead atoms. The first kappa shape index (κ1) is 11.6. The van der Waals surface area contributed by atoms with Crippen LogP contribution in [-0.2, 0) is 0 Å². The monoisotopic (exact) mass is 204 g/mol. The molecule has 0 amide bonds. The molecule has 1 aliphatic heterocycles. The van der Waals surface area contributed by atoms with Crippen molar-refractivity contribution < 1.29 is 0 Å². The van der Waals surface area contributed by atoms with Crippen molar-refractivity contribution in [3.05, 3.63) is 48.0 Å². The minimum Gasteiger partial charge on any atom is -0.357 e. The minimum absolute atomic E-state index is 0.952. The van der Waals surface area contributed by atoms with Crippen molar-refractivity contribution in [3.8, 4) is 0 Å². The van der Waals surface area contributed by atoms with Crippen molar-refractivity contribution in [3.63, 3.8) is 0 Å². The second kappa shape index (κ2) is 4.87. The van der Waals surface area contributed by atoms with E-state index in [1.54, 1.807) is 0 Å². The standard InChI is InChI=1S/C13H20N2/c1-6-11(3)12(7-2)13-14(4)9-8-10-15(13)5/h6-9H,2,10H2,1,3-5H3/b11-6+,13-12-. The van der Waals surface area contributed by atoms with E-state index in [1.165, 1.54) is 17.0 Å². The van der Waals surface area contributed by atoms with Gasteiger partial charge in [0, 0.05) is 32.4 Å². The van der Waals surface area contributed by atoms with Crippen LogP contribution in [0.2, 0.25) is 0 Å². The summed E-state index contributed by atoms with van der Waals surface area (Å²) in [6.07, 6.45) is 8.29. The fraction of sp³-hybridized carbons (Fsp3) is 0.385. The van der Waals surface area contributed by atoms with Gasteiger partial charge in [-0.1, -0.05) is 18.7 Å². The van der Waals surface area contributed by atoms with Crippen molar-refractivity contribution >= 4 is 0 Å². The van der Waals surface area contributed by atoms with Crippen LogP contribution in [0.5, 0.6) is 0 Å². The summed E-state index contributed by atoms with van der Waals surface area (Å²) in [4.78, 5) is 4.36. The van der Waals surface area contributed by atoms with Gasteiger partial charge in [-0.3, -0.25) is 0 Å². The van der Waals surface area contributed by atoms with E-state index in [-0.39, 0.29) is 0 Å². The second-order valence-electron chi connectivity index (χ2n) is 3.79. The molecule has 2 heteroatoms. The third-order valence-electron chi connectivity index (χ3n) is 2.71. The highest BCUT2D eigenvalue weighted by molar-refractivity contribution is 5.41. The summed E-state index contributed by atoms with van der Waals surface area (Å²) in [7, 11) is 4.16. The molecule has 0 atom stereocenters. The molecule has 0 aliphatic carbocycles. The molecule has 0 aromatic heterocycles. The van der Waals surface area contributed by atoms with E-state index in [1.807, 2.05) is 6.08 Å². The summed E-state index contributed by atoms with van der Waals surface area (Å²) in [6.45, 7) is 9.02. The molecule has 1 heterocycles. The third kappa shape index (κ3) is 2.32. The molecule has 0 spiro atoms. The van der Waals surface area contributed by atoms with Gasteiger partial charge < -0.3 is 9.80 Å². The van der Waals surface area contributed by atoms with Gasteiger partial charge in [0.05, 0.1) is 0 Å². The molecule has 0 saturated heterocycles. The Morgan fingerprint density at radius 1 is 1.47 bits per heavy atom. The van der Waals surface area contributed by atoms with Gasteiger partial charge >= 0.3 is 0 Å². The van der Waals surface area contributed by atoms with Gasteiger partial charge in [0.25, 0.3) is 0 Å². The Morgan fingerprint density at radius 3 is 2.60 bits per heavy atom. The summed E-state index contributed by atoms with van der Waals surface area (Å²) in [5, 5.41) is 0. The third-order valence-corrected chi connectivity index (χ3v) is 2.71. The first-order valence-corrected chi connectivity index (χ1v) is 5.22. The predicted molar refractivity (Wildman–Crippen MR) is 66.2 cm³/mol. The van der Waals surface area contributed by atoms with Crippen LogP contribution >= 0.6 is 0 Å². The van der Waals surface area contributed by atoms with Gasteiger partial charge in [-0.25, -0.2) is 0 Å². The maximum Gasteiger partial charge on any atom is 0.115 e. The van der Waals surface area contributed by atoms with Crippen LogP contribution in [0.3, 0.4) is 0 Å². The zero-order valence-corrected chi connectivity index (χ0v) is 10.1. The van der Waals surface area contributed by atoms with Crippen LogP contribution < -0.4 is 0 Å². The highest BCUT2D eigenvalue weighted by Crippen LogP contribution is 2.22. The summed E-state index contributed by atoms with van der Waals surface area (Å²) < 4.78 is 0. The van der Waals surface area contributed by atoms with E-state index < -0.39 is 0 Å². The first-order chi connectivity index (χ1) is 7.11. The smallest absolute Gasteiger partial charge is 0.115 e. The molecule has 0 unspecified atom stereocenters. The molecule has 0 fully saturated rings. The lowest BCUT2D eigenvalue weighted by molar-refractivity contribution is 0.317. The quantitative estimate of drug-likeness (QED) is 0.682. The molecule has 0 saturated carbocycles. The summed E-state index contributed by atoms with van der Waals surface area (Å²) in [5.74, 6) is 1.21. The van der Waals surface area contributed by atoms with E-state index in [9.17, 15) is 0 Å². The zero-order valence-electron chi connectivity index (χ0n) is 10.1. The Hall–Kier alpha value is -1.44. The van der Waals surface area contributed by atoms with E-state index in [2.05, 4.69) is 62.7 Å². The van der Waals surface area contributed by atoms with Gasteiger partial charge in [0.1, 0.15) is 5.82 Å². The maximum atomic E-state index is 3.90. The van der Waals surface area contributed by atoms with Crippen molar-refractivity contribution in [1.82, 2.24) is 9.80 Å². The van der Waals surface area contributed by atoms with Gasteiger partial charge in [0.2, 0.25) is 0 Å². The van der Waals surface area contributed by atoms with Crippen LogP contribution in [0, 0.1) is 0 Å². The predicted octanol–water partition coefficient (Wildman–Crippen LogP) is 2.74. The lowest BCUT2D eigenvalue weighted by atomic mass is 10.1. The lowest BCUT2D eigenvalue weighted by Gasteiger charge is -2.33. The Kier molecular flexibility index (Phi) is 3.78. The summed E-state index contributed by atoms with van der Waals surface area (Å²) >= 11 is 0. The highest BCUT2D eigenvalue weighted by atomic mass is 15.3. The fourth-order valence-corrected chi connectivity index (χ4v) is 1.77. The molecule has 1 rings (SSSR count). The molecule has 2 nitrogen and oxygen atoms in total. The molecule has 0 aromatic carbocycles. The first-order valence-electron chi connectivity index (χ1n) is 5.22. The Morgan fingerprint density at radius 2 is 2.13 bits per heavy atom. The van der Waals surface area contributed by atoms with Gasteiger partial charge in [0.15, 0.2) is 0 Å². The SMILES string of the molecule is C=CC(/C(C)=C/C)=C1\N(C)C=CCN1C. The van der Waals surface area contributed by atoms with Crippen LogP contribution in [0.15, 0.2) is 48.0 Å². The number of nitrogens with zero attached hydrogens (tertiary/aromatic N) is 2. The summed E-state index contributed by atoms with van der Waals surface area (Å²) in [6, 6.07) is 0. The summed E-state index contributed by atoms with van der Waals surface area (Å²) in [5.41, 5.74) is 2.46. The van der Waals surface area contributed by atoms with E-state index in [0.29, 0.717) is 0 Å². The van der Waals surface area contributed by atoms with Gasteiger partial charge in [-0.05, 0) is 25.5 Å². The molecular formula is C13H20N2. The highest BCUT2D eigenvalue weighted by Gasteiger charge is 2.15. The Bertz CT molecular complexity index is 334. The number of allylic oxidation sites excluding steroid dienone is 4. The lowest BCUT2D eigenvalue weighted by Crippen LogP contribution is -2.32. The fourth-order valence-electron chi connectivity index (χ4n) is 1.77. The number of hydrogen-bond donors (Lipinski definition) is 0. The van der Waals surface area contributed by atoms with Crippen molar-refractivity contribution in [1.29, 1.82) is 0 Å². The largest absolute Gasteiger partial charge is 0.357 e. The number of rotatable bonds is 2. The normalized spacial score (nSPS) is 20.7. The molecule has 1 aliphatic rings. The van der Waals surface area contributed by atoms with Crippen molar-refractivity contribution in [2.24, 2.45) is 0 Å². The minimum atomic E-state index is 0.952. The molecular weight excluding hydrogens is 184 g/mol. The molecule has 0 N–H and O–H groups in total. The molecule has 0 radical (unpaired) electrons. The second-order valence-corrected chi connectivity index (χ2v) is 3.79. The van der Waals surface area contributed by atoms with Gasteiger partial charge in [-0.15, -0.1) is 0 Å². The van der Waals surface area contributed by atoms with Crippen LogP contribution in [0.1, 0.15) is 13.8 Å². The molecule has 15 heavy (non-hydrogen) atoms. The average molecular weight is 204 g/mol. The average Bonchev–Trinajstić information content (AvgIpc) is 2.22. The molecule has 82 valence electrons. The van der Waals surface area contributed by atoms with Gasteiger partial charge in [-0.2, -0.15) is 0 Å². The van der Waals surface area contributed by atoms with E-state index in [4.69, 9.17) is 0 Å². The number of likely N-dealkylation sites (N-methyl/N-ethyl adjacent to an activating group) is 1. The Labute approximate surface area is 92.9 Å². The van der Waals surface area contributed by atoms with Crippen molar-refractivity contribution in [2.75, 3.05) is 20.6 Å².